The fraction of sp³-hybridized carbons (Fsp3) is 0.714. The Bertz CT molecular complexity index is 359. The molecular formula is C14H24N2S. The van der Waals surface area contributed by atoms with Gasteiger partial charge in [0.2, 0.25) is 0 Å². The highest BCUT2D eigenvalue weighted by Gasteiger charge is 2.37. The first-order chi connectivity index (χ1) is 8.15. The molecule has 1 aliphatic heterocycles. The van der Waals surface area contributed by atoms with E-state index >= 15 is 0 Å². The molecule has 1 aliphatic rings. The summed E-state index contributed by atoms with van der Waals surface area (Å²) >= 11 is 1.93. The van der Waals surface area contributed by atoms with Gasteiger partial charge in [-0.25, -0.2) is 0 Å². The Morgan fingerprint density at radius 2 is 2.29 bits per heavy atom. The number of hydrogen-bond donors (Lipinski definition) is 1. The maximum atomic E-state index is 3.36. The molecule has 0 aliphatic carbocycles. The van der Waals surface area contributed by atoms with Gasteiger partial charge in [-0.1, -0.05) is 0 Å². The van der Waals surface area contributed by atoms with Gasteiger partial charge in [-0.3, -0.25) is 4.90 Å². The van der Waals surface area contributed by atoms with E-state index < -0.39 is 0 Å². The van der Waals surface area contributed by atoms with E-state index in [1.165, 1.54) is 18.5 Å². The second-order valence-corrected chi connectivity index (χ2v) is 6.30. The van der Waals surface area contributed by atoms with Crippen LogP contribution in [0.25, 0.3) is 0 Å². The highest BCUT2D eigenvalue weighted by Crippen LogP contribution is 2.41. The molecule has 1 fully saturated rings. The van der Waals surface area contributed by atoms with Crippen LogP contribution in [0.4, 0.5) is 0 Å². The van der Waals surface area contributed by atoms with E-state index in [9.17, 15) is 0 Å². The third kappa shape index (κ3) is 2.56. The fourth-order valence-corrected chi connectivity index (χ4v) is 4.13. The normalized spacial score (nSPS) is 25.9. The summed E-state index contributed by atoms with van der Waals surface area (Å²) in [7, 11) is 2.07. The zero-order chi connectivity index (χ0) is 12.4. The number of thiophene rings is 1. The molecule has 0 radical (unpaired) electrons. The number of nitrogens with one attached hydrogen (secondary N) is 1. The molecule has 2 unspecified atom stereocenters. The molecule has 96 valence electrons. The molecule has 0 spiro atoms. The van der Waals surface area contributed by atoms with E-state index in [0.29, 0.717) is 12.1 Å². The molecule has 0 saturated carbocycles. The predicted molar refractivity (Wildman–Crippen MR) is 75.7 cm³/mol. The number of rotatable bonds is 4. The summed E-state index contributed by atoms with van der Waals surface area (Å²) in [6.45, 7) is 9.26. The van der Waals surface area contributed by atoms with Gasteiger partial charge in [0.25, 0.3) is 0 Å². The maximum absolute atomic E-state index is 3.36. The molecule has 1 N–H and O–H groups in total. The molecule has 1 aromatic heterocycles. The molecule has 0 amide bonds. The second-order valence-electron chi connectivity index (χ2n) is 5.35. The SMILES string of the molecule is CNCC1CCN(C(C)C)C1c1sccc1C. The third-order valence-electron chi connectivity index (χ3n) is 3.86. The quantitative estimate of drug-likeness (QED) is 0.886. The Labute approximate surface area is 109 Å². The number of hydrogen-bond acceptors (Lipinski definition) is 3. The van der Waals surface area contributed by atoms with Crippen LogP contribution in [0.15, 0.2) is 11.4 Å². The van der Waals surface area contributed by atoms with E-state index in [-0.39, 0.29) is 0 Å². The van der Waals surface area contributed by atoms with Gasteiger partial charge in [0.15, 0.2) is 0 Å². The van der Waals surface area contributed by atoms with Crippen molar-refractivity contribution < 1.29 is 0 Å². The van der Waals surface area contributed by atoms with Crippen molar-refractivity contribution in [3.05, 3.63) is 21.9 Å². The molecular weight excluding hydrogens is 228 g/mol. The number of aryl methyl sites for hydroxylation is 1. The third-order valence-corrected chi connectivity index (χ3v) is 4.95. The van der Waals surface area contributed by atoms with E-state index in [1.807, 2.05) is 11.3 Å². The highest BCUT2D eigenvalue weighted by molar-refractivity contribution is 7.10. The number of likely N-dealkylation sites (tertiary alicyclic amines) is 1. The van der Waals surface area contributed by atoms with Gasteiger partial charge < -0.3 is 5.32 Å². The molecule has 2 atom stereocenters. The van der Waals surface area contributed by atoms with Gasteiger partial charge in [-0.05, 0) is 70.3 Å². The lowest BCUT2D eigenvalue weighted by atomic mass is 9.97. The average molecular weight is 252 g/mol. The zero-order valence-electron chi connectivity index (χ0n) is 11.4. The second kappa shape index (κ2) is 5.51. The summed E-state index contributed by atoms with van der Waals surface area (Å²) in [4.78, 5) is 4.25. The maximum Gasteiger partial charge on any atom is 0.0487 e. The zero-order valence-corrected chi connectivity index (χ0v) is 12.2. The van der Waals surface area contributed by atoms with Crippen molar-refractivity contribution in [2.24, 2.45) is 5.92 Å². The average Bonchev–Trinajstić information content (AvgIpc) is 2.84. The summed E-state index contributed by atoms with van der Waals surface area (Å²) in [5, 5.41) is 5.59. The van der Waals surface area contributed by atoms with Crippen molar-refractivity contribution in [3.63, 3.8) is 0 Å². The standard InChI is InChI=1S/C14H24N2S/c1-10(2)16-7-5-12(9-15-4)13(16)14-11(3)6-8-17-14/h6,8,10,12-13,15H,5,7,9H2,1-4H3. The van der Waals surface area contributed by atoms with Crippen molar-refractivity contribution in [1.82, 2.24) is 10.2 Å². The van der Waals surface area contributed by atoms with Crippen LogP contribution in [0.3, 0.4) is 0 Å². The van der Waals surface area contributed by atoms with Crippen molar-refractivity contribution >= 4 is 11.3 Å². The van der Waals surface area contributed by atoms with E-state index in [4.69, 9.17) is 0 Å². The minimum atomic E-state index is 0.627. The molecule has 1 aromatic rings. The Morgan fingerprint density at radius 1 is 1.53 bits per heavy atom. The van der Waals surface area contributed by atoms with E-state index in [2.05, 4.69) is 49.5 Å². The van der Waals surface area contributed by atoms with Crippen molar-refractivity contribution in [3.8, 4) is 0 Å². The van der Waals surface area contributed by atoms with Gasteiger partial charge in [-0.2, -0.15) is 0 Å². The van der Waals surface area contributed by atoms with Crippen LogP contribution < -0.4 is 5.32 Å². The molecule has 2 rings (SSSR count). The number of nitrogens with zero attached hydrogens (tertiary/aromatic N) is 1. The Balaban J connectivity index is 2.26. The molecule has 17 heavy (non-hydrogen) atoms. The van der Waals surface area contributed by atoms with Gasteiger partial charge >= 0.3 is 0 Å². The van der Waals surface area contributed by atoms with Gasteiger partial charge in [0, 0.05) is 17.0 Å². The van der Waals surface area contributed by atoms with Crippen molar-refractivity contribution in [2.45, 2.75) is 39.3 Å². The summed E-state index contributed by atoms with van der Waals surface area (Å²) in [6, 6.07) is 3.53. The first-order valence-corrected chi connectivity index (χ1v) is 7.47. The van der Waals surface area contributed by atoms with E-state index in [1.54, 1.807) is 4.88 Å². The summed E-state index contributed by atoms with van der Waals surface area (Å²) < 4.78 is 0. The Morgan fingerprint density at radius 3 is 2.82 bits per heavy atom. The summed E-state index contributed by atoms with van der Waals surface area (Å²) in [6.07, 6.45) is 1.32. The first-order valence-electron chi connectivity index (χ1n) is 6.59. The lowest BCUT2D eigenvalue weighted by Gasteiger charge is -2.31. The largest absolute Gasteiger partial charge is 0.319 e. The summed E-state index contributed by atoms with van der Waals surface area (Å²) in [5.74, 6) is 0.764. The highest BCUT2D eigenvalue weighted by atomic mass is 32.1. The predicted octanol–water partition coefficient (Wildman–Crippen LogP) is 3.05. The molecule has 3 heteroatoms. The topological polar surface area (TPSA) is 15.3 Å². The van der Waals surface area contributed by atoms with Crippen LogP contribution in [-0.4, -0.2) is 31.1 Å². The van der Waals surface area contributed by atoms with Crippen LogP contribution in [-0.2, 0) is 0 Å². The Kier molecular flexibility index (Phi) is 4.23. The molecule has 2 nitrogen and oxygen atoms in total. The van der Waals surface area contributed by atoms with Crippen LogP contribution in [0.5, 0.6) is 0 Å². The fourth-order valence-electron chi connectivity index (χ4n) is 2.99. The first kappa shape index (κ1) is 13.1. The van der Waals surface area contributed by atoms with Crippen molar-refractivity contribution in [2.75, 3.05) is 20.1 Å². The van der Waals surface area contributed by atoms with Crippen LogP contribution in [0, 0.1) is 12.8 Å². The van der Waals surface area contributed by atoms with Gasteiger partial charge in [-0.15, -0.1) is 11.3 Å². The lowest BCUT2D eigenvalue weighted by molar-refractivity contribution is 0.185. The Hall–Kier alpha value is -0.380. The molecule has 2 heterocycles. The van der Waals surface area contributed by atoms with Crippen LogP contribution >= 0.6 is 11.3 Å². The molecule has 0 aromatic carbocycles. The van der Waals surface area contributed by atoms with E-state index in [0.717, 1.165) is 12.5 Å². The van der Waals surface area contributed by atoms with Crippen LogP contribution in [0.1, 0.15) is 36.8 Å². The summed E-state index contributed by atoms with van der Waals surface area (Å²) in [5.41, 5.74) is 1.47. The molecule has 0 bridgehead atoms. The van der Waals surface area contributed by atoms with Crippen LogP contribution in [0.2, 0.25) is 0 Å². The molecule has 1 saturated heterocycles. The van der Waals surface area contributed by atoms with Gasteiger partial charge in [0.1, 0.15) is 0 Å². The monoisotopic (exact) mass is 252 g/mol. The lowest BCUT2D eigenvalue weighted by Crippen LogP contribution is -2.33. The minimum Gasteiger partial charge on any atom is -0.319 e. The minimum absolute atomic E-state index is 0.627. The van der Waals surface area contributed by atoms with Crippen molar-refractivity contribution in [1.29, 1.82) is 0 Å². The smallest absolute Gasteiger partial charge is 0.0487 e. The van der Waals surface area contributed by atoms with Gasteiger partial charge in [0.05, 0.1) is 0 Å².